The number of rotatable bonds is 2. The average molecular weight is 246 g/mol. The topological polar surface area (TPSA) is 34.4 Å². The summed E-state index contributed by atoms with van der Waals surface area (Å²) in [5.74, 6) is 1.22. The van der Waals surface area contributed by atoms with E-state index in [1.54, 1.807) is 0 Å². The van der Waals surface area contributed by atoms with E-state index in [0.717, 1.165) is 17.6 Å². The molecule has 0 bridgehead atoms. The van der Waals surface area contributed by atoms with Gasteiger partial charge in [0.15, 0.2) is 6.29 Å². The Kier molecular flexibility index (Phi) is 2.89. The van der Waals surface area contributed by atoms with Crippen LogP contribution < -0.4 is 0 Å². The van der Waals surface area contributed by atoms with Crippen LogP contribution in [0.3, 0.4) is 0 Å². The molecule has 1 aliphatic rings. The molecule has 2 aromatic rings. The molecule has 0 spiro atoms. The van der Waals surface area contributed by atoms with Gasteiger partial charge in [0, 0.05) is 11.4 Å². The number of pyridine rings is 1. The lowest BCUT2D eigenvalue weighted by Gasteiger charge is -2.18. The normalized spacial score (nSPS) is 20.6. The molecule has 4 heteroatoms. The first-order valence-electron chi connectivity index (χ1n) is 5.93. The second-order valence-electron chi connectivity index (χ2n) is 4.32. The Balaban J connectivity index is 2.03. The summed E-state index contributed by atoms with van der Waals surface area (Å²) in [6.07, 6.45) is 6.69. The van der Waals surface area contributed by atoms with E-state index in [2.05, 4.69) is 4.98 Å². The minimum Gasteiger partial charge on any atom is -0.297 e. The van der Waals surface area contributed by atoms with Crippen LogP contribution in [0.1, 0.15) is 40.7 Å². The Morgan fingerprint density at radius 1 is 1.41 bits per heavy atom. The summed E-state index contributed by atoms with van der Waals surface area (Å²) < 4.78 is 1.89. The molecule has 3 nitrogen and oxygen atoms in total. The fraction of sp³-hybridized carbons (Fsp3) is 0.385. The van der Waals surface area contributed by atoms with Crippen LogP contribution in [0, 0.1) is 0 Å². The molecule has 3 heterocycles. The Morgan fingerprint density at radius 3 is 3.12 bits per heavy atom. The van der Waals surface area contributed by atoms with Crippen molar-refractivity contribution >= 4 is 23.7 Å². The van der Waals surface area contributed by atoms with Crippen molar-refractivity contribution in [1.82, 2.24) is 9.38 Å². The highest BCUT2D eigenvalue weighted by molar-refractivity contribution is 7.99. The maximum Gasteiger partial charge on any atom is 0.166 e. The zero-order valence-corrected chi connectivity index (χ0v) is 10.3. The Morgan fingerprint density at radius 2 is 2.35 bits per heavy atom. The number of aromatic nitrogens is 2. The highest BCUT2D eigenvalue weighted by Gasteiger charge is 2.19. The van der Waals surface area contributed by atoms with Crippen LogP contribution in [0.25, 0.3) is 5.65 Å². The monoisotopic (exact) mass is 246 g/mol. The molecule has 0 aromatic carbocycles. The molecule has 1 fully saturated rings. The maximum absolute atomic E-state index is 11.0. The number of aldehydes is 1. The molecule has 0 amide bonds. The lowest BCUT2D eigenvalue weighted by Crippen LogP contribution is -2.02. The van der Waals surface area contributed by atoms with Gasteiger partial charge in [-0.25, -0.2) is 4.98 Å². The number of hydrogen-bond donors (Lipinski definition) is 0. The van der Waals surface area contributed by atoms with Crippen molar-refractivity contribution in [2.45, 2.75) is 24.5 Å². The fourth-order valence-corrected chi connectivity index (χ4v) is 3.55. The van der Waals surface area contributed by atoms with E-state index in [4.69, 9.17) is 0 Å². The smallest absolute Gasteiger partial charge is 0.166 e. The molecule has 0 saturated carbocycles. The van der Waals surface area contributed by atoms with E-state index in [0.29, 0.717) is 10.9 Å². The molecule has 1 unspecified atom stereocenters. The van der Waals surface area contributed by atoms with Gasteiger partial charge in [-0.1, -0.05) is 12.5 Å². The standard InChI is InChI=1S/C13H14N2OS/c16-9-10-4-3-6-13-14-11(8-15(10)13)12-5-1-2-7-17-12/h3-4,6,8-9,12H,1-2,5,7H2. The predicted molar refractivity (Wildman–Crippen MR) is 69.6 cm³/mol. The van der Waals surface area contributed by atoms with E-state index in [-0.39, 0.29) is 0 Å². The number of hydrogen-bond acceptors (Lipinski definition) is 3. The van der Waals surface area contributed by atoms with Gasteiger partial charge in [0.25, 0.3) is 0 Å². The van der Waals surface area contributed by atoms with E-state index < -0.39 is 0 Å². The molecule has 1 saturated heterocycles. The SMILES string of the molecule is O=Cc1cccc2nc(C3CCCCS3)cn12. The van der Waals surface area contributed by atoms with Crippen molar-refractivity contribution in [2.75, 3.05) is 5.75 Å². The molecular formula is C13H14N2OS. The summed E-state index contributed by atoms with van der Waals surface area (Å²) >= 11 is 1.98. The molecule has 2 aromatic heterocycles. The average Bonchev–Trinajstić information content (AvgIpc) is 2.83. The van der Waals surface area contributed by atoms with Crippen LogP contribution in [0.5, 0.6) is 0 Å². The van der Waals surface area contributed by atoms with Gasteiger partial charge in [0.1, 0.15) is 5.65 Å². The third-order valence-corrected chi connectivity index (χ3v) is 4.58. The van der Waals surface area contributed by atoms with Gasteiger partial charge in [-0.15, -0.1) is 0 Å². The van der Waals surface area contributed by atoms with Gasteiger partial charge in [0.2, 0.25) is 0 Å². The number of imidazole rings is 1. The van der Waals surface area contributed by atoms with Crippen LogP contribution >= 0.6 is 11.8 Å². The second kappa shape index (κ2) is 4.53. The first-order valence-corrected chi connectivity index (χ1v) is 6.98. The first-order chi connectivity index (χ1) is 8.38. The molecular weight excluding hydrogens is 232 g/mol. The van der Waals surface area contributed by atoms with E-state index >= 15 is 0 Å². The van der Waals surface area contributed by atoms with Gasteiger partial charge in [-0.3, -0.25) is 9.20 Å². The third kappa shape index (κ3) is 1.97. The van der Waals surface area contributed by atoms with Crippen molar-refractivity contribution in [3.63, 3.8) is 0 Å². The highest BCUT2D eigenvalue weighted by Crippen LogP contribution is 2.37. The molecule has 0 radical (unpaired) electrons. The quantitative estimate of drug-likeness (QED) is 0.764. The van der Waals surface area contributed by atoms with Crippen molar-refractivity contribution in [2.24, 2.45) is 0 Å². The largest absolute Gasteiger partial charge is 0.297 e. The zero-order valence-electron chi connectivity index (χ0n) is 9.50. The third-order valence-electron chi connectivity index (χ3n) is 3.17. The van der Waals surface area contributed by atoms with E-state index in [1.165, 1.54) is 25.0 Å². The second-order valence-corrected chi connectivity index (χ2v) is 5.63. The number of nitrogens with zero attached hydrogens (tertiary/aromatic N) is 2. The lowest BCUT2D eigenvalue weighted by atomic mass is 10.1. The van der Waals surface area contributed by atoms with Crippen LogP contribution in [0.4, 0.5) is 0 Å². The molecule has 1 atom stereocenters. The predicted octanol–water partition coefficient (Wildman–Crippen LogP) is 3.11. The molecule has 17 heavy (non-hydrogen) atoms. The summed E-state index contributed by atoms with van der Waals surface area (Å²) in [7, 11) is 0. The van der Waals surface area contributed by atoms with Gasteiger partial charge in [-0.2, -0.15) is 11.8 Å². The van der Waals surface area contributed by atoms with Gasteiger partial charge >= 0.3 is 0 Å². The summed E-state index contributed by atoms with van der Waals surface area (Å²) in [6, 6.07) is 5.65. The minimum absolute atomic E-state index is 0.503. The van der Waals surface area contributed by atoms with Gasteiger partial charge in [0.05, 0.1) is 11.4 Å². The Bertz CT molecular complexity index is 543. The summed E-state index contributed by atoms with van der Waals surface area (Å²) in [4.78, 5) is 15.6. The highest BCUT2D eigenvalue weighted by atomic mass is 32.2. The summed E-state index contributed by atoms with van der Waals surface area (Å²) in [5, 5.41) is 0.503. The van der Waals surface area contributed by atoms with Gasteiger partial charge < -0.3 is 0 Å². The number of thioether (sulfide) groups is 1. The molecule has 0 N–H and O–H groups in total. The number of fused-ring (bicyclic) bond motifs is 1. The van der Waals surface area contributed by atoms with Crippen LogP contribution in [-0.2, 0) is 0 Å². The summed E-state index contributed by atoms with van der Waals surface area (Å²) in [5.41, 5.74) is 2.65. The molecule has 1 aliphatic heterocycles. The fourth-order valence-electron chi connectivity index (χ4n) is 2.28. The van der Waals surface area contributed by atoms with Gasteiger partial charge in [-0.05, 0) is 30.7 Å². The number of carbonyl (C=O) groups is 1. The van der Waals surface area contributed by atoms with Crippen LogP contribution in [-0.4, -0.2) is 21.4 Å². The van der Waals surface area contributed by atoms with E-state index in [1.807, 2.05) is 40.6 Å². The Hall–Kier alpha value is -1.29. The molecule has 3 rings (SSSR count). The Labute approximate surface area is 104 Å². The van der Waals surface area contributed by atoms with Crippen molar-refractivity contribution in [3.8, 4) is 0 Å². The minimum atomic E-state index is 0.503. The van der Waals surface area contributed by atoms with Crippen molar-refractivity contribution < 1.29 is 4.79 Å². The van der Waals surface area contributed by atoms with Crippen LogP contribution in [0.15, 0.2) is 24.4 Å². The number of carbonyl (C=O) groups excluding carboxylic acids is 1. The summed E-state index contributed by atoms with van der Waals surface area (Å²) in [6.45, 7) is 0. The molecule has 0 aliphatic carbocycles. The first kappa shape index (κ1) is 10.8. The van der Waals surface area contributed by atoms with Crippen LogP contribution in [0.2, 0.25) is 0 Å². The zero-order chi connectivity index (χ0) is 11.7. The van der Waals surface area contributed by atoms with E-state index in [9.17, 15) is 4.79 Å². The van der Waals surface area contributed by atoms with Crippen molar-refractivity contribution in [1.29, 1.82) is 0 Å². The lowest BCUT2D eigenvalue weighted by molar-refractivity contribution is 0.111. The van der Waals surface area contributed by atoms with Crippen molar-refractivity contribution in [3.05, 3.63) is 35.8 Å². The maximum atomic E-state index is 11.0. The molecule has 88 valence electrons.